The van der Waals surface area contributed by atoms with Gasteiger partial charge in [0.1, 0.15) is 5.76 Å². The van der Waals surface area contributed by atoms with Gasteiger partial charge in [-0.3, -0.25) is 4.79 Å². The minimum atomic E-state index is -0.232. The van der Waals surface area contributed by atoms with Gasteiger partial charge < -0.3 is 9.73 Å². The monoisotopic (exact) mass is 277 g/mol. The van der Waals surface area contributed by atoms with Gasteiger partial charge in [-0.2, -0.15) is 5.10 Å². The third-order valence-corrected chi connectivity index (χ3v) is 3.29. The van der Waals surface area contributed by atoms with Crippen LogP contribution < -0.4 is 5.32 Å². The number of carbonyl (C=O) groups excluding carboxylic acids is 1. The highest BCUT2D eigenvalue weighted by Gasteiger charge is 2.31. The maximum atomic E-state index is 12.2. The molecule has 2 aromatic heterocycles. The van der Waals surface area contributed by atoms with Crippen molar-refractivity contribution in [3.63, 3.8) is 0 Å². The van der Waals surface area contributed by atoms with Crippen LogP contribution in [0.2, 0.25) is 5.15 Å². The van der Waals surface area contributed by atoms with Crippen LogP contribution in [-0.4, -0.2) is 16.1 Å². The van der Waals surface area contributed by atoms with Gasteiger partial charge in [0.25, 0.3) is 5.91 Å². The summed E-state index contributed by atoms with van der Waals surface area (Å²) < 4.78 is 5.38. The highest BCUT2D eigenvalue weighted by Crippen LogP contribution is 2.42. The lowest BCUT2D eigenvalue weighted by atomic mass is 10.2. The maximum Gasteiger partial charge on any atom is 0.259 e. The van der Waals surface area contributed by atoms with E-state index < -0.39 is 0 Å². The number of anilines is 1. The van der Waals surface area contributed by atoms with Crippen LogP contribution in [0.4, 0.5) is 5.69 Å². The lowest BCUT2D eigenvalue weighted by molar-refractivity contribution is 0.102. The first kappa shape index (κ1) is 12.2. The van der Waals surface area contributed by atoms with Crippen LogP contribution in [0.25, 0.3) is 0 Å². The molecule has 0 bridgehead atoms. The molecule has 0 unspecified atom stereocenters. The summed E-state index contributed by atoms with van der Waals surface area (Å²) in [6.45, 7) is 1.78. The van der Waals surface area contributed by atoms with Crippen molar-refractivity contribution in [1.82, 2.24) is 10.2 Å². The van der Waals surface area contributed by atoms with Crippen LogP contribution in [0, 0.1) is 6.92 Å². The molecule has 6 heteroatoms. The number of aryl methyl sites for hydroxylation is 1. The zero-order chi connectivity index (χ0) is 13.4. The number of furan rings is 1. The smallest absolute Gasteiger partial charge is 0.259 e. The first-order chi connectivity index (χ1) is 9.15. The van der Waals surface area contributed by atoms with E-state index in [1.54, 1.807) is 25.3 Å². The summed E-state index contributed by atoms with van der Waals surface area (Å²) in [6, 6.07) is 3.36. The molecule has 1 saturated carbocycles. The van der Waals surface area contributed by atoms with Crippen LogP contribution in [0.1, 0.15) is 40.6 Å². The quantitative estimate of drug-likeness (QED) is 0.936. The third kappa shape index (κ3) is 2.46. The molecule has 1 amide bonds. The molecule has 0 aliphatic heterocycles. The molecule has 0 atom stereocenters. The van der Waals surface area contributed by atoms with Crippen molar-refractivity contribution in [3.05, 3.63) is 40.6 Å². The number of carbonyl (C=O) groups is 1. The Hall–Kier alpha value is -1.88. The van der Waals surface area contributed by atoms with Gasteiger partial charge >= 0.3 is 0 Å². The molecule has 98 valence electrons. The molecule has 1 aliphatic rings. The van der Waals surface area contributed by atoms with E-state index in [0.29, 0.717) is 22.9 Å². The van der Waals surface area contributed by atoms with Crippen molar-refractivity contribution < 1.29 is 9.21 Å². The Balaban J connectivity index is 1.84. The predicted molar refractivity (Wildman–Crippen MR) is 70.4 cm³/mol. The van der Waals surface area contributed by atoms with E-state index >= 15 is 0 Å². The standard InChI is InChI=1S/C13H12ClN3O2/c1-7-6-10(12(14)17-16-7)15-13(18)9-4-5-19-11(9)8-2-3-8/h4-6,8H,2-3H2,1H3,(H,15,16,18). The summed E-state index contributed by atoms with van der Waals surface area (Å²) in [5.41, 5.74) is 1.71. The van der Waals surface area contributed by atoms with Crippen LogP contribution in [0.5, 0.6) is 0 Å². The normalized spacial score (nSPS) is 14.4. The van der Waals surface area contributed by atoms with E-state index in [4.69, 9.17) is 16.0 Å². The van der Waals surface area contributed by atoms with E-state index in [1.165, 1.54) is 0 Å². The van der Waals surface area contributed by atoms with E-state index in [9.17, 15) is 4.79 Å². The van der Waals surface area contributed by atoms with Crippen LogP contribution in [0.3, 0.4) is 0 Å². The molecule has 0 aromatic carbocycles. The second kappa shape index (κ2) is 4.66. The summed E-state index contributed by atoms with van der Waals surface area (Å²) in [7, 11) is 0. The van der Waals surface area contributed by atoms with Gasteiger partial charge in [0, 0.05) is 5.92 Å². The Kier molecular flexibility index (Phi) is 2.98. The predicted octanol–water partition coefficient (Wildman–Crippen LogP) is 3.16. The van der Waals surface area contributed by atoms with Crippen molar-refractivity contribution in [2.75, 3.05) is 5.32 Å². The molecule has 19 heavy (non-hydrogen) atoms. The second-order valence-corrected chi connectivity index (χ2v) is 4.98. The number of hydrogen-bond acceptors (Lipinski definition) is 4. The summed E-state index contributed by atoms with van der Waals surface area (Å²) in [6.07, 6.45) is 3.69. The van der Waals surface area contributed by atoms with Crippen molar-refractivity contribution in [3.8, 4) is 0 Å². The Labute approximate surface area is 115 Å². The molecular formula is C13H12ClN3O2. The largest absolute Gasteiger partial charge is 0.468 e. The molecule has 0 radical (unpaired) electrons. The molecule has 3 rings (SSSR count). The van der Waals surface area contributed by atoms with E-state index in [-0.39, 0.29) is 11.1 Å². The fourth-order valence-corrected chi connectivity index (χ4v) is 2.06. The molecule has 2 heterocycles. The lowest BCUT2D eigenvalue weighted by Gasteiger charge is -2.06. The van der Waals surface area contributed by atoms with Gasteiger partial charge in [-0.15, -0.1) is 5.10 Å². The Morgan fingerprint density at radius 2 is 2.26 bits per heavy atom. The highest BCUT2D eigenvalue weighted by atomic mass is 35.5. The van der Waals surface area contributed by atoms with Gasteiger partial charge in [0.2, 0.25) is 0 Å². The summed E-state index contributed by atoms with van der Waals surface area (Å²) in [5.74, 6) is 0.904. The molecule has 1 N–H and O–H groups in total. The molecule has 5 nitrogen and oxygen atoms in total. The van der Waals surface area contributed by atoms with Crippen LogP contribution in [0.15, 0.2) is 22.8 Å². The lowest BCUT2D eigenvalue weighted by Crippen LogP contribution is -2.13. The van der Waals surface area contributed by atoms with Crippen molar-refractivity contribution in [2.24, 2.45) is 0 Å². The van der Waals surface area contributed by atoms with Crippen molar-refractivity contribution in [2.45, 2.75) is 25.7 Å². The van der Waals surface area contributed by atoms with E-state index in [1.807, 2.05) is 0 Å². The number of halogens is 1. The van der Waals surface area contributed by atoms with Gasteiger partial charge in [0.15, 0.2) is 5.15 Å². The fraction of sp³-hybridized carbons (Fsp3) is 0.308. The molecule has 2 aromatic rings. The van der Waals surface area contributed by atoms with Crippen LogP contribution >= 0.6 is 11.6 Å². The SMILES string of the molecule is Cc1cc(NC(=O)c2ccoc2C2CC2)c(Cl)nn1. The highest BCUT2D eigenvalue weighted by molar-refractivity contribution is 6.32. The van der Waals surface area contributed by atoms with E-state index in [0.717, 1.165) is 18.6 Å². The van der Waals surface area contributed by atoms with Gasteiger partial charge in [-0.05, 0) is 31.9 Å². The molecule has 0 saturated heterocycles. The van der Waals surface area contributed by atoms with Crippen molar-refractivity contribution >= 4 is 23.2 Å². The average molecular weight is 278 g/mol. The number of nitrogens with zero attached hydrogens (tertiary/aromatic N) is 2. The van der Waals surface area contributed by atoms with E-state index in [2.05, 4.69) is 15.5 Å². The Morgan fingerprint density at radius 1 is 1.47 bits per heavy atom. The first-order valence-corrected chi connectivity index (χ1v) is 6.41. The van der Waals surface area contributed by atoms with Gasteiger partial charge in [-0.1, -0.05) is 11.6 Å². The van der Waals surface area contributed by atoms with Crippen molar-refractivity contribution in [1.29, 1.82) is 0 Å². The Morgan fingerprint density at radius 3 is 3.00 bits per heavy atom. The summed E-state index contributed by atoms with van der Waals surface area (Å²) in [4.78, 5) is 12.2. The number of amides is 1. The molecule has 1 aliphatic carbocycles. The van der Waals surface area contributed by atoms with Crippen LogP contribution in [-0.2, 0) is 0 Å². The summed E-state index contributed by atoms with van der Waals surface area (Å²) in [5, 5.41) is 10.5. The molecule has 1 fully saturated rings. The zero-order valence-corrected chi connectivity index (χ0v) is 11.1. The minimum absolute atomic E-state index is 0.176. The zero-order valence-electron chi connectivity index (χ0n) is 10.3. The molecular weight excluding hydrogens is 266 g/mol. The molecule has 0 spiro atoms. The first-order valence-electron chi connectivity index (χ1n) is 6.03. The fourth-order valence-electron chi connectivity index (χ4n) is 1.92. The average Bonchev–Trinajstić information content (AvgIpc) is 3.11. The second-order valence-electron chi connectivity index (χ2n) is 4.62. The maximum absolute atomic E-state index is 12.2. The number of hydrogen-bond donors (Lipinski definition) is 1. The van der Waals surface area contributed by atoms with Gasteiger partial charge in [0.05, 0.1) is 23.2 Å². The number of nitrogens with one attached hydrogen (secondary N) is 1. The Bertz CT molecular complexity index is 635. The summed E-state index contributed by atoms with van der Waals surface area (Å²) >= 11 is 5.90. The number of rotatable bonds is 3. The topological polar surface area (TPSA) is 68.0 Å². The minimum Gasteiger partial charge on any atom is -0.468 e. The van der Waals surface area contributed by atoms with Gasteiger partial charge in [-0.25, -0.2) is 0 Å². The third-order valence-electron chi connectivity index (χ3n) is 3.01. The number of aromatic nitrogens is 2.